The predicted molar refractivity (Wildman–Crippen MR) is 71.8 cm³/mol. The summed E-state index contributed by atoms with van der Waals surface area (Å²) in [6.45, 7) is 1.62. The molecule has 6 heteroatoms. The van der Waals surface area contributed by atoms with Crippen molar-refractivity contribution >= 4 is 17.3 Å². The third-order valence-corrected chi connectivity index (χ3v) is 3.42. The Hall–Kier alpha value is -1.95. The average molecular weight is 263 g/mol. The van der Waals surface area contributed by atoms with Crippen molar-refractivity contribution in [3.05, 3.63) is 33.9 Å². The van der Waals surface area contributed by atoms with Gasteiger partial charge in [0, 0.05) is 18.5 Å². The van der Waals surface area contributed by atoms with Gasteiger partial charge in [-0.15, -0.1) is 0 Å². The Kier molecular flexibility index (Phi) is 3.80. The number of rotatable bonds is 5. The predicted octanol–water partition coefficient (Wildman–Crippen LogP) is 1.97. The van der Waals surface area contributed by atoms with Gasteiger partial charge in [0.05, 0.1) is 16.2 Å². The molecule has 0 spiro atoms. The molecule has 1 aromatic carbocycles. The molecule has 1 aliphatic rings. The second-order valence-corrected chi connectivity index (χ2v) is 4.96. The first-order chi connectivity index (χ1) is 8.99. The summed E-state index contributed by atoms with van der Waals surface area (Å²) in [7, 11) is 0. The number of nitrogens with two attached hydrogens (primary N) is 1. The molecule has 1 fully saturated rings. The van der Waals surface area contributed by atoms with Crippen LogP contribution < -0.4 is 11.1 Å². The summed E-state index contributed by atoms with van der Waals surface area (Å²) in [5.41, 5.74) is 6.82. The minimum atomic E-state index is -0.457. The zero-order valence-electron chi connectivity index (χ0n) is 10.8. The lowest BCUT2D eigenvalue weighted by Crippen LogP contribution is -2.29. The van der Waals surface area contributed by atoms with Gasteiger partial charge < -0.3 is 11.1 Å². The normalized spacial score (nSPS) is 15.9. The van der Waals surface area contributed by atoms with Gasteiger partial charge in [0.25, 0.3) is 5.69 Å². The van der Waals surface area contributed by atoms with E-state index >= 15 is 0 Å². The van der Waals surface area contributed by atoms with Crippen LogP contribution >= 0.6 is 0 Å². The molecule has 0 aromatic heterocycles. The van der Waals surface area contributed by atoms with Crippen LogP contribution in [-0.4, -0.2) is 16.9 Å². The Balaban J connectivity index is 2.03. The summed E-state index contributed by atoms with van der Waals surface area (Å²) >= 11 is 0. The molecule has 1 aliphatic carbocycles. The van der Waals surface area contributed by atoms with Crippen molar-refractivity contribution in [2.45, 2.75) is 32.2 Å². The van der Waals surface area contributed by atoms with Gasteiger partial charge in [0.15, 0.2) is 0 Å². The van der Waals surface area contributed by atoms with Crippen molar-refractivity contribution in [1.29, 1.82) is 0 Å². The standard InChI is InChI=1S/C13H17N3O3/c1-8-11(3-2-4-12(8)16(18)19)15-13(17)7-10(14)9-5-6-9/h2-4,9-10H,5-7,14H2,1H3,(H,15,17). The first kappa shape index (κ1) is 13.5. The number of hydrogen-bond acceptors (Lipinski definition) is 4. The number of anilines is 1. The van der Waals surface area contributed by atoms with Gasteiger partial charge in [-0.1, -0.05) is 6.07 Å². The topological polar surface area (TPSA) is 98.3 Å². The fourth-order valence-electron chi connectivity index (χ4n) is 2.06. The summed E-state index contributed by atoms with van der Waals surface area (Å²) in [6, 6.07) is 4.52. The smallest absolute Gasteiger partial charge is 0.274 e. The maximum atomic E-state index is 11.8. The van der Waals surface area contributed by atoms with Crippen molar-refractivity contribution in [3.63, 3.8) is 0 Å². The van der Waals surface area contributed by atoms with Gasteiger partial charge in [-0.3, -0.25) is 14.9 Å². The molecule has 102 valence electrons. The van der Waals surface area contributed by atoms with E-state index in [9.17, 15) is 14.9 Å². The number of nitrogens with zero attached hydrogens (tertiary/aromatic N) is 1. The van der Waals surface area contributed by atoms with Crippen molar-refractivity contribution in [3.8, 4) is 0 Å². The SMILES string of the molecule is Cc1c(NC(=O)CC(N)C2CC2)cccc1[N+](=O)[O-]. The molecule has 6 nitrogen and oxygen atoms in total. The molecule has 1 unspecified atom stereocenters. The Labute approximate surface area is 111 Å². The molecule has 0 radical (unpaired) electrons. The maximum absolute atomic E-state index is 11.8. The first-order valence-electron chi connectivity index (χ1n) is 6.28. The first-order valence-corrected chi connectivity index (χ1v) is 6.28. The van der Waals surface area contributed by atoms with Crippen LogP contribution in [0.2, 0.25) is 0 Å². The van der Waals surface area contributed by atoms with E-state index in [2.05, 4.69) is 5.32 Å². The van der Waals surface area contributed by atoms with Crippen LogP contribution in [-0.2, 0) is 4.79 Å². The highest BCUT2D eigenvalue weighted by Crippen LogP contribution is 2.33. The fraction of sp³-hybridized carbons (Fsp3) is 0.462. The fourth-order valence-corrected chi connectivity index (χ4v) is 2.06. The van der Waals surface area contributed by atoms with Gasteiger partial charge >= 0.3 is 0 Å². The highest BCUT2D eigenvalue weighted by atomic mass is 16.6. The number of nitrogens with one attached hydrogen (secondary N) is 1. The molecule has 1 amide bonds. The third kappa shape index (κ3) is 3.29. The highest BCUT2D eigenvalue weighted by molar-refractivity contribution is 5.92. The molecular formula is C13H17N3O3. The second kappa shape index (κ2) is 5.36. The number of carbonyl (C=O) groups is 1. The van der Waals surface area contributed by atoms with Gasteiger partial charge in [-0.05, 0) is 31.7 Å². The molecule has 0 heterocycles. The Morgan fingerprint density at radius 1 is 1.58 bits per heavy atom. The van der Waals surface area contributed by atoms with Crippen LogP contribution in [0.15, 0.2) is 18.2 Å². The summed E-state index contributed by atoms with van der Waals surface area (Å²) in [6.07, 6.45) is 2.43. The molecule has 3 N–H and O–H groups in total. The number of benzene rings is 1. The van der Waals surface area contributed by atoms with Crippen molar-refractivity contribution in [2.24, 2.45) is 11.7 Å². The van der Waals surface area contributed by atoms with Crippen molar-refractivity contribution < 1.29 is 9.72 Å². The second-order valence-electron chi connectivity index (χ2n) is 4.96. The summed E-state index contributed by atoms with van der Waals surface area (Å²) < 4.78 is 0. The average Bonchev–Trinajstić information content (AvgIpc) is 3.15. The maximum Gasteiger partial charge on any atom is 0.274 e. The minimum absolute atomic E-state index is 0.00397. The lowest BCUT2D eigenvalue weighted by Gasteiger charge is -2.12. The lowest BCUT2D eigenvalue weighted by molar-refractivity contribution is -0.385. The van der Waals surface area contributed by atoms with Crippen molar-refractivity contribution in [1.82, 2.24) is 0 Å². The molecule has 1 saturated carbocycles. The third-order valence-electron chi connectivity index (χ3n) is 3.42. The zero-order chi connectivity index (χ0) is 14.0. The van der Waals surface area contributed by atoms with E-state index < -0.39 is 4.92 Å². The molecule has 0 aliphatic heterocycles. The van der Waals surface area contributed by atoms with E-state index in [-0.39, 0.29) is 24.1 Å². The van der Waals surface area contributed by atoms with E-state index in [0.717, 1.165) is 12.8 Å². The van der Waals surface area contributed by atoms with Crippen molar-refractivity contribution in [2.75, 3.05) is 5.32 Å². The van der Waals surface area contributed by atoms with E-state index in [1.165, 1.54) is 6.07 Å². The molecule has 1 aromatic rings. The van der Waals surface area contributed by atoms with Gasteiger partial charge in [0.1, 0.15) is 0 Å². The number of carbonyl (C=O) groups excluding carboxylic acids is 1. The van der Waals surface area contributed by atoms with Gasteiger partial charge in [-0.25, -0.2) is 0 Å². The molecule has 0 bridgehead atoms. The van der Waals surface area contributed by atoms with E-state index in [0.29, 0.717) is 17.2 Å². The summed E-state index contributed by atoms with van der Waals surface area (Å²) in [5, 5.41) is 13.5. The van der Waals surface area contributed by atoms with E-state index in [4.69, 9.17) is 5.73 Å². The van der Waals surface area contributed by atoms with Gasteiger partial charge in [-0.2, -0.15) is 0 Å². The number of hydrogen-bond donors (Lipinski definition) is 2. The Bertz CT molecular complexity index is 512. The van der Waals surface area contributed by atoms with Crippen LogP contribution in [0.5, 0.6) is 0 Å². The molecule has 0 saturated heterocycles. The highest BCUT2D eigenvalue weighted by Gasteiger charge is 2.30. The Morgan fingerprint density at radius 2 is 2.26 bits per heavy atom. The number of nitro groups is 1. The van der Waals surface area contributed by atoms with Crippen LogP contribution in [0.1, 0.15) is 24.8 Å². The molecule has 19 heavy (non-hydrogen) atoms. The molecule has 2 rings (SSSR count). The largest absolute Gasteiger partial charge is 0.327 e. The van der Waals surface area contributed by atoms with Crippen LogP contribution in [0, 0.1) is 23.0 Å². The summed E-state index contributed by atoms with van der Waals surface area (Å²) in [4.78, 5) is 22.2. The van der Waals surface area contributed by atoms with Crippen LogP contribution in [0.25, 0.3) is 0 Å². The minimum Gasteiger partial charge on any atom is -0.327 e. The van der Waals surface area contributed by atoms with E-state index in [1.54, 1.807) is 19.1 Å². The van der Waals surface area contributed by atoms with Crippen LogP contribution in [0.4, 0.5) is 11.4 Å². The summed E-state index contributed by atoms with van der Waals surface area (Å²) in [5.74, 6) is 0.264. The number of nitro benzene ring substituents is 1. The van der Waals surface area contributed by atoms with E-state index in [1.807, 2.05) is 0 Å². The monoisotopic (exact) mass is 263 g/mol. The van der Waals surface area contributed by atoms with Gasteiger partial charge in [0.2, 0.25) is 5.91 Å². The molecular weight excluding hydrogens is 246 g/mol. The number of amides is 1. The zero-order valence-corrected chi connectivity index (χ0v) is 10.8. The lowest BCUT2D eigenvalue weighted by atomic mass is 10.1. The van der Waals surface area contributed by atoms with Crippen LogP contribution in [0.3, 0.4) is 0 Å². The molecule has 1 atom stereocenters. The quantitative estimate of drug-likeness (QED) is 0.626. The Morgan fingerprint density at radius 3 is 2.84 bits per heavy atom.